The molecule has 1 aliphatic heterocycles. The highest BCUT2D eigenvalue weighted by Gasteiger charge is 2.21. The van der Waals surface area contributed by atoms with Gasteiger partial charge in [0, 0.05) is 12.5 Å². The lowest BCUT2D eigenvalue weighted by Gasteiger charge is -2.22. The van der Waals surface area contributed by atoms with Crippen molar-refractivity contribution in [3.63, 3.8) is 0 Å². The molecule has 0 aromatic rings. The highest BCUT2D eigenvalue weighted by Crippen LogP contribution is 2.19. The predicted molar refractivity (Wildman–Crippen MR) is 56.0 cm³/mol. The van der Waals surface area contributed by atoms with Crippen LogP contribution in [0.4, 0.5) is 0 Å². The lowest BCUT2D eigenvalue weighted by Crippen LogP contribution is -2.30. The van der Waals surface area contributed by atoms with Gasteiger partial charge in [0.25, 0.3) is 0 Å². The Kier molecular flexibility index (Phi) is 4.22. The number of nitrogens with one attached hydrogen (secondary N) is 1. The molecule has 1 heterocycles. The van der Waals surface area contributed by atoms with Crippen LogP contribution in [0.1, 0.15) is 39.0 Å². The molecule has 0 aromatic heterocycles. The van der Waals surface area contributed by atoms with Crippen molar-refractivity contribution in [3.8, 4) is 0 Å². The number of rotatable bonds is 5. The van der Waals surface area contributed by atoms with Gasteiger partial charge >= 0.3 is 0 Å². The van der Waals surface area contributed by atoms with E-state index in [-0.39, 0.29) is 0 Å². The molecule has 1 unspecified atom stereocenters. The molecular weight excluding hydrogens is 162 g/mol. The standard InChI is InChI=1S/C10H21N3/c1-2-9-5-3-7-13(9)8-4-6-10(11)12/h9H,2-8H2,1H3,(H3,11,12). The molecule has 0 spiro atoms. The number of nitrogens with zero attached hydrogens (tertiary/aromatic N) is 1. The van der Waals surface area contributed by atoms with E-state index in [1.165, 1.54) is 25.8 Å². The molecule has 13 heavy (non-hydrogen) atoms. The van der Waals surface area contributed by atoms with Gasteiger partial charge < -0.3 is 10.6 Å². The number of hydrogen-bond donors (Lipinski definition) is 2. The summed E-state index contributed by atoms with van der Waals surface area (Å²) >= 11 is 0. The maximum atomic E-state index is 7.12. The zero-order valence-corrected chi connectivity index (χ0v) is 8.55. The topological polar surface area (TPSA) is 53.1 Å². The van der Waals surface area contributed by atoms with E-state index < -0.39 is 0 Å². The zero-order chi connectivity index (χ0) is 9.68. The minimum Gasteiger partial charge on any atom is -0.388 e. The summed E-state index contributed by atoms with van der Waals surface area (Å²) in [5, 5.41) is 7.12. The summed E-state index contributed by atoms with van der Waals surface area (Å²) in [5.74, 6) is 0.326. The van der Waals surface area contributed by atoms with E-state index in [1.54, 1.807) is 0 Å². The van der Waals surface area contributed by atoms with Gasteiger partial charge in [0.05, 0.1) is 5.84 Å². The molecule has 1 fully saturated rings. The van der Waals surface area contributed by atoms with Gasteiger partial charge in [0.1, 0.15) is 0 Å². The predicted octanol–water partition coefficient (Wildman–Crippen LogP) is 1.58. The fraction of sp³-hybridized carbons (Fsp3) is 0.900. The second-order valence-corrected chi connectivity index (χ2v) is 3.87. The highest BCUT2D eigenvalue weighted by atomic mass is 15.2. The molecule has 0 bridgehead atoms. The average Bonchev–Trinajstić information content (AvgIpc) is 2.51. The van der Waals surface area contributed by atoms with Gasteiger partial charge in [-0.15, -0.1) is 0 Å². The normalized spacial score (nSPS) is 23.6. The first-order valence-electron chi connectivity index (χ1n) is 5.31. The van der Waals surface area contributed by atoms with E-state index in [9.17, 15) is 0 Å². The molecule has 3 N–H and O–H groups in total. The third kappa shape index (κ3) is 3.35. The Morgan fingerprint density at radius 1 is 1.62 bits per heavy atom. The smallest absolute Gasteiger partial charge is 0.0905 e. The van der Waals surface area contributed by atoms with Gasteiger partial charge in [-0.1, -0.05) is 6.92 Å². The summed E-state index contributed by atoms with van der Waals surface area (Å²) in [7, 11) is 0. The van der Waals surface area contributed by atoms with E-state index in [0.717, 1.165) is 25.4 Å². The minimum absolute atomic E-state index is 0.326. The maximum Gasteiger partial charge on any atom is 0.0905 e. The molecule has 0 aromatic carbocycles. The van der Waals surface area contributed by atoms with E-state index in [0.29, 0.717) is 5.84 Å². The average molecular weight is 183 g/mol. The lowest BCUT2D eigenvalue weighted by molar-refractivity contribution is 0.247. The SMILES string of the molecule is CCC1CCCN1CCCC(=N)N. The van der Waals surface area contributed by atoms with E-state index in [1.807, 2.05) is 0 Å². The molecule has 1 saturated heterocycles. The van der Waals surface area contributed by atoms with Gasteiger partial charge in [-0.3, -0.25) is 5.41 Å². The van der Waals surface area contributed by atoms with E-state index in [4.69, 9.17) is 11.1 Å². The van der Waals surface area contributed by atoms with Crippen LogP contribution < -0.4 is 5.73 Å². The Hall–Kier alpha value is -0.570. The fourth-order valence-electron chi connectivity index (χ4n) is 2.12. The first-order chi connectivity index (χ1) is 6.24. The third-order valence-electron chi connectivity index (χ3n) is 2.86. The molecule has 3 heteroatoms. The van der Waals surface area contributed by atoms with Crippen molar-refractivity contribution in [2.24, 2.45) is 5.73 Å². The Labute approximate surface area is 80.8 Å². The van der Waals surface area contributed by atoms with Crippen molar-refractivity contribution >= 4 is 5.84 Å². The maximum absolute atomic E-state index is 7.12. The molecule has 0 amide bonds. The van der Waals surface area contributed by atoms with Crippen LogP contribution in [0.3, 0.4) is 0 Å². The molecule has 3 nitrogen and oxygen atoms in total. The number of nitrogens with two attached hydrogens (primary N) is 1. The lowest BCUT2D eigenvalue weighted by atomic mass is 10.1. The van der Waals surface area contributed by atoms with Crippen LogP contribution in [0.25, 0.3) is 0 Å². The van der Waals surface area contributed by atoms with Gasteiger partial charge in [0.15, 0.2) is 0 Å². The molecular formula is C10H21N3. The van der Waals surface area contributed by atoms with Crippen LogP contribution in [0.2, 0.25) is 0 Å². The quantitative estimate of drug-likeness (QED) is 0.502. The van der Waals surface area contributed by atoms with Crippen LogP contribution in [0.15, 0.2) is 0 Å². The minimum atomic E-state index is 0.326. The van der Waals surface area contributed by atoms with Crippen LogP contribution >= 0.6 is 0 Å². The zero-order valence-electron chi connectivity index (χ0n) is 8.55. The Morgan fingerprint density at radius 3 is 3.00 bits per heavy atom. The van der Waals surface area contributed by atoms with E-state index in [2.05, 4.69) is 11.8 Å². The fourth-order valence-corrected chi connectivity index (χ4v) is 2.12. The van der Waals surface area contributed by atoms with Crippen LogP contribution in [0, 0.1) is 5.41 Å². The van der Waals surface area contributed by atoms with Crippen molar-refractivity contribution in [3.05, 3.63) is 0 Å². The number of amidine groups is 1. The van der Waals surface area contributed by atoms with Crippen LogP contribution in [-0.2, 0) is 0 Å². The third-order valence-corrected chi connectivity index (χ3v) is 2.86. The molecule has 1 atom stereocenters. The summed E-state index contributed by atoms with van der Waals surface area (Å²) in [6.45, 7) is 4.63. The van der Waals surface area contributed by atoms with Gasteiger partial charge in [0.2, 0.25) is 0 Å². The van der Waals surface area contributed by atoms with Crippen LogP contribution in [-0.4, -0.2) is 29.9 Å². The summed E-state index contributed by atoms with van der Waals surface area (Å²) in [5.41, 5.74) is 5.31. The molecule has 0 aliphatic carbocycles. The summed E-state index contributed by atoms with van der Waals surface area (Å²) in [6, 6.07) is 0.798. The Bertz CT molecular complexity index is 168. The molecule has 1 aliphatic rings. The summed E-state index contributed by atoms with van der Waals surface area (Å²) < 4.78 is 0. The van der Waals surface area contributed by atoms with Crippen molar-refractivity contribution in [2.75, 3.05) is 13.1 Å². The van der Waals surface area contributed by atoms with Crippen LogP contribution in [0.5, 0.6) is 0 Å². The van der Waals surface area contributed by atoms with Crippen molar-refractivity contribution in [2.45, 2.75) is 45.1 Å². The molecule has 76 valence electrons. The molecule has 1 rings (SSSR count). The van der Waals surface area contributed by atoms with Gasteiger partial charge in [-0.25, -0.2) is 0 Å². The number of hydrogen-bond acceptors (Lipinski definition) is 2. The molecule has 0 saturated carbocycles. The first-order valence-corrected chi connectivity index (χ1v) is 5.31. The first kappa shape index (κ1) is 10.5. The highest BCUT2D eigenvalue weighted by molar-refractivity contribution is 5.76. The van der Waals surface area contributed by atoms with Gasteiger partial charge in [-0.2, -0.15) is 0 Å². The Balaban J connectivity index is 2.16. The largest absolute Gasteiger partial charge is 0.388 e. The number of likely N-dealkylation sites (tertiary alicyclic amines) is 1. The molecule has 0 radical (unpaired) electrons. The van der Waals surface area contributed by atoms with E-state index >= 15 is 0 Å². The second-order valence-electron chi connectivity index (χ2n) is 3.87. The summed E-state index contributed by atoms with van der Waals surface area (Å²) in [4.78, 5) is 2.54. The van der Waals surface area contributed by atoms with Crippen molar-refractivity contribution in [1.29, 1.82) is 5.41 Å². The summed E-state index contributed by atoms with van der Waals surface area (Å²) in [6.07, 6.45) is 5.77. The van der Waals surface area contributed by atoms with Crippen molar-refractivity contribution < 1.29 is 0 Å². The Morgan fingerprint density at radius 2 is 2.38 bits per heavy atom. The second kappa shape index (κ2) is 5.22. The van der Waals surface area contributed by atoms with Gasteiger partial charge in [-0.05, 0) is 38.8 Å². The van der Waals surface area contributed by atoms with Crippen molar-refractivity contribution in [1.82, 2.24) is 4.90 Å². The monoisotopic (exact) mass is 183 g/mol.